The molecule has 1 aromatic rings. The monoisotopic (exact) mass is 465 g/mol. The Balaban J connectivity index is -0.000000186. The summed E-state index contributed by atoms with van der Waals surface area (Å²) in [5, 5.41) is 11.3. The van der Waals surface area contributed by atoms with Gasteiger partial charge >= 0.3 is 0 Å². The van der Waals surface area contributed by atoms with Crippen molar-refractivity contribution in [2.24, 2.45) is 0 Å². The predicted octanol–water partition coefficient (Wildman–Crippen LogP) is 6.35. The summed E-state index contributed by atoms with van der Waals surface area (Å²) < 4.78 is 0. The molecular weight excluding hydrogens is 431 g/mol. The quantitative estimate of drug-likeness (QED) is 0.378. The van der Waals surface area contributed by atoms with E-state index in [0.717, 1.165) is 21.5 Å². The third-order valence-electron chi connectivity index (χ3n) is 4.24. The van der Waals surface area contributed by atoms with E-state index in [1.807, 2.05) is 31.2 Å². The summed E-state index contributed by atoms with van der Waals surface area (Å²) in [7, 11) is -0.420. The number of phenolic OH excluding ortho intramolecular Hbond substituents is 1. The van der Waals surface area contributed by atoms with Gasteiger partial charge in [0.1, 0.15) is 5.75 Å². The molecule has 0 unspecified atom stereocenters. The Morgan fingerprint density at radius 2 is 1.58 bits per heavy atom. The number of aromatic hydroxyl groups is 1. The molecule has 1 aliphatic carbocycles. The molecule has 0 spiro atoms. The molecule has 2 radical (unpaired) electrons. The van der Waals surface area contributed by atoms with Gasteiger partial charge in [-0.1, -0.05) is 58.2 Å². The second kappa shape index (κ2) is 16.2. The predicted molar refractivity (Wildman–Crippen MR) is 123 cm³/mol. The van der Waals surface area contributed by atoms with E-state index in [9.17, 15) is 5.11 Å². The van der Waals surface area contributed by atoms with E-state index < -0.39 is 8.07 Å². The molecule has 0 aliphatic heterocycles. The normalized spacial score (nSPS) is 11.5. The number of benzene rings is 1. The second-order valence-electron chi connectivity index (χ2n) is 7.44. The van der Waals surface area contributed by atoms with Gasteiger partial charge in [0.2, 0.25) is 0 Å². The molecule has 1 N–H and O–H groups in total. The summed E-state index contributed by atoms with van der Waals surface area (Å²) in [5.41, 5.74) is 1.15. The van der Waals surface area contributed by atoms with Crippen molar-refractivity contribution in [3.05, 3.63) is 48.1 Å². The number of halogens is 2. The van der Waals surface area contributed by atoms with E-state index in [2.05, 4.69) is 65.2 Å². The van der Waals surface area contributed by atoms with Gasteiger partial charge in [-0.25, -0.2) is 12.2 Å². The van der Waals surface area contributed by atoms with Crippen LogP contribution in [0.2, 0.25) is 31.2 Å². The van der Waals surface area contributed by atoms with Crippen LogP contribution in [-0.4, -0.2) is 22.7 Å². The van der Waals surface area contributed by atoms with Gasteiger partial charge in [-0.05, 0) is 29.7 Å². The first kappa shape index (κ1) is 33.8. The van der Waals surface area contributed by atoms with Gasteiger partial charge in [-0.15, -0.1) is 31.2 Å². The molecule has 0 fully saturated rings. The summed E-state index contributed by atoms with van der Waals surface area (Å²) in [6, 6.07) is 5.97. The van der Waals surface area contributed by atoms with E-state index in [1.54, 1.807) is 0 Å². The molecular formula is C20H35Cl2OSi2Ti-. The van der Waals surface area contributed by atoms with Crippen molar-refractivity contribution >= 4 is 47.6 Å². The van der Waals surface area contributed by atoms with Crippen LogP contribution in [0.25, 0.3) is 0 Å². The molecule has 0 amide bonds. The number of allylic oxidation sites excluding steroid dienone is 4. The van der Waals surface area contributed by atoms with Gasteiger partial charge in [0.15, 0.2) is 0 Å². The van der Waals surface area contributed by atoms with E-state index in [0.29, 0.717) is 10.8 Å². The summed E-state index contributed by atoms with van der Waals surface area (Å²) in [6.45, 7) is 17.9. The SMILES string of the molecule is C[Si]C.Cc1cc(O)cc([Si](C)(C)C(C)(C)C)c1.Cl.Cl.[C-]1=CC=CC1.[Ti]. The van der Waals surface area contributed by atoms with Gasteiger partial charge in [-0.3, -0.25) is 6.08 Å². The third kappa shape index (κ3) is 12.6. The van der Waals surface area contributed by atoms with Crippen molar-refractivity contribution in [3.63, 3.8) is 0 Å². The van der Waals surface area contributed by atoms with Gasteiger partial charge in [-0.2, -0.15) is 6.08 Å². The third-order valence-corrected chi connectivity index (χ3v) is 9.73. The minimum absolute atomic E-state index is 0. The largest absolute Gasteiger partial charge is 0.508 e. The number of phenols is 1. The maximum atomic E-state index is 9.65. The first-order valence-corrected chi connectivity index (χ1v) is 13.2. The first-order valence-electron chi connectivity index (χ1n) is 8.17. The molecule has 0 heterocycles. The van der Waals surface area contributed by atoms with Crippen LogP contribution in [0.5, 0.6) is 5.75 Å². The van der Waals surface area contributed by atoms with Gasteiger partial charge in [0, 0.05) is 31.2 Å². The average Bonchev–Trinajstić information content (AvgIpc) is 2.96. The van der Waals surface area contributed by atoms with Crippen molar-refractivity contribution in [2.75, 3.05) is 0 Å². The number of aryl methyl sites for hydroxylation is 1. The van der Waals surface area contributed by atoms with Crippen LogP contribution in [0, 0.1) is 13.0 Å². The molecule has 6 heteroatoms. The minimum Gasteiger partial charge on any atom is -0.508 e. The minimum atomic E-state index is -1.50. The standard InChI is InChI=1S/C13H22OSi.C5H5.C2H6Si.2ClH.Ti/c1-10-7-11(14)9-12(8-10)15(5,6)13(2,3)4;1-2-4-5-3-1;1-3-2;;;/h7-9,14H,1-6H3;1-3H,4H2;1-2H3;2*1H;/q;-1;;;;. The molecule has 0 saturated heterocycles. The van der Waals surface area contributed by atoms with Crippen molar-refractivity contribution in [1.29, 1.82) is 0 Å². The van der Waals surface area contributed by atoms with Crippen LogP contribution >= 0.6 is 24.8 Å². The number of hydrogen-bond acceptors (Lipinski definition) is 1. The van der Waals surface area contributed by atoms with Gasteiger partial charge < -0.3 is 5.11 Å². The fourth-order valence-corrected chi connectivity index (χ4v) is 3.86. The topological polar surface area (TPSA) is 20.2 Å². The number of rotatable bonds is 1. The second-order valence-corrected chi connectivity index (χ2v) is 13.8. The maximum Gasteiger partial charge on any atom is 0.115 e. The molecule has 0 atom stereocenters. The molecule has 148 valence electrons. The fourth-order valence-electron chi connectivity index (χ4n) is 1.90. The molecule has 0 saturated carbocycles. The average molecular weight is 466 g/mol. The fraction of sp³-hybridized carbons (Fsp3) is 0.500. The Kier molecular flexibility index (Phi) is 21.1. The molecule has 1 aromatic carbocycles. The zero-order chi connectivity index (χ0) is 18.1. The summed E-state index contributed by atoms with van der Waals surface area (Å²) in [6.07, 6.45) is 10.0. The van der Waals surface area contributed by atoms with Crippen molar-refractivity contribution < 1.29 is 26.8 Å². The number of hydrogen-bond donors (Lipinski definition) is 1. The smallest absolute Gasteiger partial charge is 0.115 e. The van der Waals surface area contributed by atoms with E-state index in [-0.39, 0.29) is 46.5 Å². The van der Waals surface area contributed by atoms with Crippen LogP contribution in [0.1, 0.15) is 32.8 Å². The van der Waals surface area contributed by atoms with Crippen LogP contribution in [0.4, 0.5) is 0 Å². The first-order chi connectivity index (χ1) is 10.6. The van der Waals surface area contributed by atoms with Crippen LogP contribution < -0.4 is 5.19 Å². The summed E-state index contributed by atoms with van der Waals surface area (Å²) >= 11 is 0. The zero-order valence-corrected chi connectivity index (χ0v) is 22.6. The zero-order valence-electron chi connectivity index (χ0n) is 17.4. The Hall–Kier alpha value is 0.228. The van der Waals surface area contributed by atoms with Gasteiger partial charge in [0.05, 0.1) is 8.07 Å². The Morgan fingerprint density at radius 1 is 1.08 bits per heavy atom. The Bertz CT molecular complexity index is 509. The van der Waals surface area contributed by atoms with Crippen molar-refractivity contribution in [3.8, 4) is 5.75 Å². The van der Waals surface area contributed by atoms with E-state index in [1.165, 1.54) is 5.19 Å². The van der Waals surface area contributed by atoms with Gasteiger partial charge in [0.25, 0.3) is 0 Å². The van der Waals surface area contributed by atoms with Crippen LogP contribution in [-0.2, 0) is 21.7 Å². The van der Waals surface area contributed by atoms with Crippen LogP contribution in [0.15, 0.2) is 36.4 Å². The van der Waals surface area contributed by atoms with E-state index >= 15 is 0 Å². The molecule has 0 bridgehead atoms. The Labute approximate surface area is 192 Å². The Morgan fingerprint density at radius 3 is 1.85 bits per heavy atom. The molecule has 0 aromatic heterocycles. The van der Waals surface area contributed by atoms with Crippen LogP contribution in [0.3, 0.4) is 0 Å². The molecule has 26 heavy (non-hydrogen) atoms. The summed E-state index contributed by atoms with van der Waals surface area (Å²) in [5.74, 6) is 0.398. The maximum absolute atomic E-state index is 9.65. The van der Waals surface area contributed by atoms with E-state index in [4.69, 9.17) is 0 Å². The molecule has 2 rings (SSSR count). The molecule has 1 aliphatic rings. The molecule has 1 nitrogen and oxygen atoms in total. The van der Waals surface area contributed by atoms with Crippen molar-refractivity contribution in [1.82, 2.24) is 0 Å². The van der Waals surface area contributed by atoms with Crippen molar-refractivity contribution in [2.45, 2.75) is 65.3 Å². The summed E-state index contributed by atoms with van der Waals surface area (Å²) in [4.78, 5) is 0.